The quantitative estimate of drug-likeness (QED) is 0.801. The van der Waals surface area contributed by atoms with Gasteiger partial charge in [-0.15, -0.1) is 0 Å². The Morgan fingerprint density at radius 2 is 2.08 bits per heavy atom. The molecule has 0 spiro atoms. The number of carbonyl (C=O) groups excluding carboxylic acids is 2. The Morgan fingerprint density at radius 3 is 2.60 bits per heavy atom. The monoisotopic (exact) mass is 348 g/mol. The summed E-state index contributed by atoms with van der Waals surface area (Å²) in [6.45, 7) is 4.45. The van der Waals surface area contributed by atoms with Gasteiger partial charge in [-0.1, -0.05) is 0 Å². The maximum atomic E-state index is 13.6. The summed E-state index contributed by atoms with van der Waals surface area (Å²) in [5.41, 5.74) is -0.910. The fraction of sp³-hybridized carbons (Fsp3) is 0.438. The van der Waals surface area contributed by atoms with E-state index in [0.717, 1.165) is 6.07 Å². The lowest BCUT2D eigenvalue weighted by molar-refractivity contribution is -0.144. The normalized spacial score (nSPS) is 11.6. The van der Waals surface area contributed by atoms with Crippen LogP contribution in [-0.2, 0) is 20.7 Å². The summed E-state index contributed by atoms with van der Waals surface area (Å²) < 4.78 is 23.4. The second kappa shape index (κ2) is 8.60. The van der Waals surface area contributed by atoms with Gasteiger partial charge in [0.25, 0.3) is 0 Å². The number of carbonyl (C=O) groups is 2. The number of esters is 1. The maximum Gasteiger partial charge on any atom is 0.408 e. The van der Waals surface area contributed by atoms with Gasteiger partial charge in [0.1, 0.15) is 23.8 Å². The molecule has 0 aliphatic carbocycles. The summed E-state index contributed by atoms with van der Waals surface area (Å²) in [6, 6.07) is 3.04. The van der Waals surface area contributed by atoms with Gasteiger partial charge < -0.3 is 14.8 Å². The van der Waals surface area contributed by atoms with Crippen LogP contribution in [0.5, 0.6) is 0 Å². The van der Waals surface area contributed by atoms with Crippen molar-refractivity contribution in [1.82, 2.24) is 10.3 Å². The van der Waals surface area contributed by atoms with Gasteiger partial charge >= 0.3 is 12.1 Å². The van der Waals surface area contributed by atoms with Gasteiger partial charge in [0.2, 0.25) is 0 Å². The van der Waals surface area contributed by atoms with Crippen LogP contribution >= 0.6 is 0 Å². The van der Waals surface area contributed by atoms with Crippen LogP contribution in [0.3, 0.4) is 0 Å². The molecular formula is C16H17FN4O4. The van der Waals surface area contributed by atoms with Gasteiger partial charge in [-0.2, -0.15) is 10.5 Å². The molecule has 25 heavy (non-hydrogen) atoms. The Labute approximate surface area is 144 Å². The predicted octanol–water partition coefficient (Wildman–Crippen LogP) is 1.59. The zero-order chi connectivity index (χ0) is 19.0. The molecular weight excluding hydrogens is 331 g/mol. The minimum atomic E-state index is -1.21. The lowest BCUT2D eigenvalue weighted by Gasteiger charge is -2.22. The van der Waals surface area contributed by atoms with E-state index in [0.29, 0.717) is 0 Å². The molecule has 0 saturated heterocycles. The second-order valence-corrected chi connectivity index (χ2v) is 5.95. The average Bonchev–Trinajstić information content (AvgIpc) is 2.50. The molecule has 1 aromatic heterocycles. The Morgan fingerprint density at radius 1 is 1.40 bits per heavy atom. The van der Waals surface area contributed by atoms with Crippen molar-refractivity contribution in [3.63, 3.8) is 0 Å². The Kier molecular flexibility index (Phi) is 6.82. The number of aromatic nitrogens is 1. The number of pyridine rings is 1. The largest absolute Gasteiger partial charge is 0.449 e. The molecule has 0 aliphatic heterocycles. The highest BCUT2D eigenvalue weighted by atomic mass is 19.1. The van der Waals surface area contributed by atoms with Crippen molar-refractivity contribution in [1.29, 1.82) is 10.5 Å². The number of nitrogens with one attached hydrogen (secondary N) is 1. The molecule has 0 aliphatic rings. The van der Waals surface area contributed by atoms with Crippen LogP contribution in [0.15, 0.2) is 12.3 Å². The minimum Gasteiger partial charge on any atom is -0.449 e. The molecule has 0 fully saturated rings. The van der Waals surface area contributed by atoms with Crippen LogP contribution in [0.2, 0.25) is 0 Å². The van der Waals surface area contributed by atoms with Gasteiger partial charge in [0.05, 0.1) is 0 Å². The van der Waals surface area contributed by atoms with E-state index >= 15 is 0 Å². The number of nitrogens with zero attached hydrogens (tertiary/aromatic N) is 3. The fourth-order valence-corrected chi connectivity index (χ4v) is 1.75. The third-order valence-electron chi connectivity index (χ3n) is 2.70. The Balaban J connectivity index is 2.93. The molecule has 1 N–H and O–H groups in total. The van der Waals surface area contributed by atoms with Gasteiger partial charge in [0.15, 0.2) is 18.1 Å². The van der Waals surface area contributed by atoms with Crippen molar-refractivity contribution < 1.29 is 23.5 Å². The molecule has 9 heteroatoms. The minimum absolute atomic E-state index is 0.154. The summed E-state index contributed by atoms with van der Waals surface area (Å²) in [7, 11) is 0. The summed E-state index contributed by atoms with van der Waals surface area (Å²) in [6.07, 6.45) is 0.191. The molecule has 0 saturated carbocycles. The second-order valence-electron chi connectivity index (χ2n) is 5.95. The highest BCUT2D eigenvalue weighted by molar-refractivity contribution is 5.81. The number of hydrogen-bond donors (Lipinski definition) is 1. The molecule has 1 amide bonds. The fourth-order valence-electron chi connectivity index (χ4n) is 1.75. The van der Waals surface area contributed by atoms with Gasteiger partial charge in [-0.05, 0) is 32.4 Å². The van der Waals surface area contributed by atoms with Crippen LogP contribution < -0.4 is 5.32 Å². The van der Waals surface area contributed by atoms with E-state index in [2.05, 4.69) is 10.3 Å². The molecule has 1 heterocycles. The van der Waals surface area contributed by atoms with Crippen LogP contribution in [-0.4, -0.2) is 35.3 Å². The molecule has 1 aromatic rings. The van der Waals surface area contributed by atoms with E-state index in [4.69, 9.17) is 20.0 Å². The first-order valence-corrected chi connectivity index (χ1v) is 7.24. The SMILES string of the molecule is CC(C)(C)OC(=O)N[C@@H](Cc1cnc(C#N)c(F)c1)C(=O)OCC#N. The Bertz CT molecular complexity index is 731. The summed E-state index contributed by atoms with van der Waals surface area (Å²) >= 11 is 0. The van der Waals surface area contributed by atoms with Crippen LogP contribution in [0.4, 0.5) is 9.18 Å². The topological polar surface area (TPSA) is 125 Å². The van der Waals surface area contributed by atoms with Gasteiger partial charge in [-0.25, -0.2) is 19.0 Å². The molecule has 1 atom stereocenters. The standard InChI is InChI=1S/C16H17FN4O4/c1-16(2,3)25-15(23)21-12(14(22)24-5-4-18)7-10-6-11(17)13(8-19)20-9-10/h6,9,12H,5,7H2,1-3H3,(H,21,23)/t12-/m0/s1. The van der Waals surface area contributed by atoms with Crippen LogP contribution in [0, 0.1) is 28.5 Å². The number of ether oxygens (including phenoxy) is 2. The molecule has 8 nitrogen and oxygen atoms in total. The van der Waals surface area contributed by atoms with Crippen molar-refractivity contribution in [3.8, 4) is 12.1 Å². The first-order valence-electron chi connectivity index (χ1n) is 7.24. The van der Waals surface area contributed by atoms with Gasteiger partial charge in [0, 0.05) is 12.6 Å². The number of nitriles is 2. The van der Waals surface area contributed by atoms with Crippen molar-refractivity contribution in [2.24, 2.45) is 0 Å². The molecule has 132 valence electrons. The molecule has 0 unspecified atom stereocenters. The summed E-state index contributed by atoms with van der Waals surface area (Å²) in [5.74, 6) is -1.72. The zero-order valence-corrected chi connectivity index (χ0v) is 14.0. The van der Waals surface area contributed by atoms with Crippen LogP contribution in [0.1, 0.15) is 32.0 Å². The lowest BCUT2D eigenvalue weighted by Crippen LogP contribution is -2.45. The zero-order valence-electron chi connectivity index (χ0n) is 14.0. The number of rotatable bonds is 5. The number of alkyl carbamates (subject to hydrolysis) is 1. The van der Waals surface area contributed by atoms with E-state index < -0.39 is 36.1 Å². The molecule has 0 aromatic carbocycles. The van der Waals surface area contributed by atoms with Crippen molar-refractivity contribution in [2.45, 2.75) is 38.8 Å². The third-order valence-corrected chi connectivity index (χ3v) is 2.70. The highest BCUT2D eigenvalue weighted by Gasteiger charge is 2.26. The van der Waals surface area contributed by atoms with E-state index in [1.165, 1.54) is 6.20 Å². The van der Waals surface area contributed by atoms with E-state index in [1.54, 1.807) is 32.9 Å². The van der Waals surface area contributed by atoms with E-state index in [1.807, 2.05) is 0 Å². The molecule has 0 radical (unpaired) electrons. The number of hydrogen-bond acceptors (Lipinski definition) is 7. The summed E-state index contributed by atoms with van der Waals surface area (Å²) in [4.78, 5) is 27.5. The molecule has 1 rings (SSSR count). The first kappa shape index (κ1) is 19.8. The van der Waals surface area contributed by atoms with E-state index in [-0.39, 0.29) is 17.7 Å². The maximum absolute atomic E-state index is 13.6. The number of amides is 1. The number of halogens is 1. The first-order chi connectivity index (χ1) is 11.7. The highest BCUT2D eigenvalue weighted by Crippen LogP contribution is 2.11. The van der Waals surface area contributed by atoms with E-state index in [9.17, 15) is 14.0 Å². The summed E-state index contributed by atoms with van der Waals surface area (Å²) in [5, 5.41) is 19.5. The molecule has 0 bridgehead atoms. The Hall–Kier alpha value is -3.20. The predicted molar refractivity (Wildman–Crippen MR) is 82.3 cm³/mol. The average molecular weight is 348 g/mol. The van der Waals surface area contributed by atoms with Gasteiger partial charge in [-0.3, -0.25) is 0 Å². The van der Waals surface area contributed by atoms with Crippen molar-refractivity contribution >= 4 is 12.1 Å². The third kappa shape index (κ3) is 6.83. The lowest BCUT2D eigenvalue weighted by atomic mass is 10.1. The van der Waals surface area contributed by atoms with Crippen LogP contribution in [0.25, 0.3) is 0 Å². The van der Waals surface area contributed by atoms with Crippen molar-refractivity contribution in [3.05, 3.63) is 29.3 Å². The smallest absolute Gasteiger partial charge is 0.408 e. The van der Waals surface area contributed by atoms with Crippen molar-refractivity contribution in [2.75, 3.05) is 6.61 Å².